The molecule has 0 radical (unpaired) electrons. The minimum Gasteiger partial charge on any atom is -0.318 e. The first-order chi connectivity index (χ1) is 6.63. The molecule has 0 saturated heterocycles. The van der Waals surface area contributed by atoms with Crippen molar-refractivity contribution in [3.63, 3.8) is 0 Å². The SMILES string of the molecule is CC(C)Sc1ccc(C(N)C=O)cc1. The molecule has 76 valence electrons. The Labute approximate surface area is 88.9 Å². The molecule has 0 fully saturated rings. The lowest BCUT2D eigenvalue weighted by Gasteiger charge is -2.07. The molecule has 1 aromatic carbocycles. The molecule has 0 spiro atoms. The summed E-state index contributed by atoms with van der Waals surface area (Å²) in [4.78, 5) is 11.6. The monoisotopic (exact) mass is 209 g/mol. The van der Waals surface area contributed by atoms with Gasteiger partial charge in [-0.2, -0.15) is 0 Å². The Morgan fingerprint density at radius 3 is 2.29 bits per heavy atom. The quantitative estimate of drug-likeness (QED) is 0.611. The minimum absolute atomic E-state index is 0.493. The highest BCUT2D eigenvalue weighted by atomic mass is 32.2. The van der Waals surface area contributed by atoms with E-state index in [0.29, 0.717) is 5.25 Å². The second-order valence-electron chi connectivity index (χ2n) is 3.40. The number of nitrogens with two attached hydrogens (primary N) is 1. The number of hydrogen-bond donors (Lipinski definition) is 1. The summed E-state index contributed by atoms with van der Waals surface area (Å²) in [7, 11) is 0. The van der Waals surface area contributed by atoms with Gasteiger partial charge in [0.2, 0.25) is 0 Å². The van der Waals surface area contributed by atoms with Gasteiger partial charge in [0.25, 0.3) is 0 Å². The molecule has 0 aliphatic heterocycles. The Bertz CT molecular complexity index is 295. The summed E-state index contributed by atoms with van der Waals surface area (Å²) >= 11 is 1.80. The molecule has 3 heteroatoms. The molecule has 0 aromatic heterocycles. The maximum Gasteiger partial charge on any atom is 0.141 e. The van der Waals surface area contributed by atoms with E-state index in [1.54, 1.807) is 11.8 Å². The first kappa shape index (κ1) is 11.3. The third kappa shape index (κ3) is 3.16. The van der Waals surface area contributed by atoms with Crippen LogP contribution in [0, 0.1) is 0 Å². The van der Waals surface area contributed by atoms with Gasteiger partial charge in [-0.3, -0.25) is 0 Å². The van der Waals surface area contributed by atoms with E-state index in [1.807, 2.05) is 24.3 Å². The second kappa shape index (κ2) is 5.17. The summed E-state index contributed by atoms with van der Waals surface area (Å²) in [5.74, 6) is 0. The Balaban J connectivity index is 2.73. The van der Waals surface area contributed by atoms with Gasteiger partial charge < -0.3 is 10.5 Å². The fourth-order valence-electron chi connectivity index (χ4n) is 1.12. The molecule has 1 atom stereocenters. The van der Waals surface area contributed by atoms with Gasteiger partial charge in [0.1, 0.15) is 6.29 Å². The third-order valence-corrected chi connectivity index (χ3v) is 2.80. The van der Waals surface area contributed by atoms with Crippen molar-refractivity contribution in [2.45, 2.75) is 30.0 Å². The van der Waals surface area contributed by atoms with Crippen LogP contribution in [0.5, 0.6) is 0 Å². The van der Waals surface area contributed by atoms with Crippen LogP contribution in [0.4, 0.5) is 0 Å². The molecule has 0 amide bonds. The topological polar surface area (TPSA) is 43.1 Å². The maximum atomic E-state index is 10.4. The maximum absolute atomic E-state index is 10.4. The second-order valence-corrected chi connectivity index (χ2v) is 5.05. The molecule has 0 saturated carbocycles. The number of thioether (sulfide) groups is 1. The van der Waals surface area contributed by atoms with E-state index in [4.69, 9.17) is 5.73 Å². The predicted octanol–water partition coefficient (Wildman–Crippen LogP) is 2.39. The van der Waals surface area contributed by atoms with Crippen LogP contribution in [0.3, 0.4) is 0 Å². The molecule has 1 aromatic rings. The van der Waals surface area contributed by atoms with E-state index >= 15 is 0 Å². The van der Waals surface area contributed by atoms with Crippen LogP contribution < -0.4 is 5.73 Å². The molecule has 2 nitrogen and oxygen atoms in total. The highest BCUT2D eigenvalue weighted by Crippen LogP contribution is 2.23. The fraction of sp³-hybridized carbons (Fsp3) is 0.364. The van der Waals surface area contributed by atoms with Crippen molar-refractivity contribution < 1.29 is 4.79 Å². The molecular weight excluding hydrogens is 194 g/mol. The molecule has 0 aliphatic carbocycles. The zero-order chi connectivity index (χ0) is 10.6. The van der Waals surface area contributed by atoms with Gasteiger partial charge in [0, 0.05) is 10.1 Å². The highest BCUT2D eigenvalue weighted by molar-refractivity contribution is 7.99. The zero-order valence-electron chi connectivity index (χ0n) is 8.44. The lowest BCUT2D eigenvalue weighted by Crippen LogP contribution is -2.10. The van der Waals surface area contributed by atoms with E-state index in [-0.39, 0.29) is 0 Å². The number of benzene rings is 1. The van der Waals surface area contributed by atoms with Gasteiger partial charge in [-0.1, -0.05) is 26.0 Å². The summed E-state index contributed by atoms with van der Waals surface area (Å²) in [6.45, 7) is 4.30. The van der Waals surface area contributed by atoms with E-state index < -0.39 is 6.04 Å². The van der Waals surface area contributed by atoms with E-state index in [2.05, 4.69) is 13.8 Å². The van der Waals surface area contributed by atoms with Crippen molar-refractivity contribution in [1.82, 2.24) is 0 Å². The van der Waals surface area contributed by atoms with Crippen molar-refractivity contribution in [1.29, 1.82) is 0 Å². The molecule has 14 heavy (non-hydrogen) atoms. The van der Waals surface area contributed by atoms with Crippen LogP contribution in [-0.2, 0) is 4.79 Å². The Hall–Kier alpha value is -0.800. The number of rotatable bonds is 4. The van der Waals surface area contributed by atoms with Crippen LogP contribution >= 0.6 is 11.8 Å². The minimum atomic E-state index is -0.493. The Morgan fingerprint density at radius 2 is 1.86 bits per heavy atom. The van der Waals surface area contributed by atoms with Gasteiger partial charge in [0.05, 0.1) is 6.04 Å². The third-order valence-electron chi connectivity index (χ3n) is 1.78. The number of hydrogen-bond acceptors (Lipinski definition) is 3. The van der Waals surface area contributed by atoms with Crippen LogP contribution in [0.15, 0.2) is 29.2 Å². The number of aldehydes is 1. The van der Waals surface area contributed by atoms with Gasteiger partial charge in [0.15, 0.2) is 0 Å². The normalized spacial score (nSPS) is 12.9. The lowest BCUT2D eigenvalue weighted by molar-refractivity contribution is -0.109. The molecule has 1 unspecified atom stereocenters. The Kier molecular flexibility index (Phi) is 4.17. The zero-order valence-corrected chi connectivity index (χ0v) is 9.25. The average Bonchev–Trinajstić information content (AvgIpc) is 2.17. The van der Waals surface area contributed by atoms with Crippen LogP contribution in [-0.4, -0.2) is 11.5 Å². The summed E-state index contributed by atoms with van der Waals surface area (Å²) < 4.78 is 0. The predicted molar refractivity (Wildman–Crippen MR) is 60.4 cm³/mol. The molecule has 2 N–H and O–H groups in total. The van der Waals surface area contributed by atoms with Crippen molar-refractivity contribution in [3.8, 4) is 0 Å². The van der Waals surface area contributed by atoms with Gasteiger partial charge in [-0.15, -0.1) is 11.8 Å². The standard InChI is InChI=1S/C11H15NOS/c1-8(2)14-10-5-3-9(4-6-10)11(12)7-13/h3-8,11H,12H2,1-2H3. The summed E-state index contributed by atoms with van der Waals surface area (Å²) in [6, 6.07) is 7.33. The van der Waals surface area contributed by atoms with Crippen molar-refractivity contribution in [2.75, 3.05) is 0 Å². The van der Waals surface area contributed by atoms with Gasteiger partial charge >= 0.3 is 0 Å². The van der Waals surface area contributed by atoms with Crippen LogP contribution in [0.25, 0.3) is 0 Å². The summed E-state index contributed by atoms with van der Waals surface area (Å²) in [5, 5.41) is 0.570. The summed E-state index contributed by atoms with van der Waals surface area (Å²) in [6.07, 6.45) is 0.755. The molecule has 0 bridgehead atoms. The van der Waals surface area contributed by atoms with E-state index in [0.717, 1.165) is 11.8 Å². The number of carbonyl (C=O) groups is 1. The molecular formula is C11H15NOS. The smallest absolute Gasteiger partial charge is 0.141 e. The Morgan fingerprint density at radius 1 is 1.29 bits per heavy atom. The van der Waals surface area contributed by atoms with E-state index in [9.17, 15) is 4.79 Å². The largest absolute Gasteiger partial charge is 0.318 e. The van der Waals surface area contributed by atoms with Crippen LogP contribution in [0.2, 0.25) is 0 Å². The molecule has 1 rings (SSSR count). The highest BCUT2D eigenvalue weighted by Gasteiger charge is 2.04. The first-order valence-electron chi connectivity index (χ1n) is 4.61. The summed E-state index contributed by atoms with van der Waals surface area (Å²) in [5.41, 5.74) is 6.44. The van der Waals surface area contributed by atoms with Crippen molar-refractivity contribution >= 4 is 18.0 Å². The lowest BCUT2D eigenvalue weighted by atomic mass is 10.1. The average molecular weight is 209 g/mol. The van der Waals surface area contributed by atoms with Crippen molar-refractivity contribution in [3.05, 3.63) is 29.8 Å². The molecule has 0 heterocycles. The van der Waals surface area contributed by atoms with Gasteiger partial charge in [-0.05, 0) is 17.7 Å². The number of carbonyl (C=O) groups excluding carboxylic acids is 1. The van der Waals surface area contributed by atoms with Gasteiger partial charge in [-0.25, -0.2) is 0 Å². The van der Waals surface area contributed by atoms with Crippen LogP contribution in [0.1, 0.15) is 25.5 Å². The van der Waals surface area contributed by atoms with Crippen molar-refractivity contribution in [2.24, 2.45) is 5.73 Å². The fourth-order valence-corrected chi connectivity index (χ4v) is 1.96. The first-order valence-corrected chi connectivity index (χ1v) is 5.49. The molecule has 0 aliphatic rings. The van der Waals surface area contributed by atoms with E-state index in [1.165, 1.54) is 4.90 Å².